The van der Waals surface area contributed by atoms with Crippen molar-refractivity contribution >= 4 is 35.0 Å². The van der Waals surface area contributed by atoms with E-state index in [1.807, 2.05) is 17.5 Å². The smallest absolute Gasteiger partial charge is 0.230 e. The summed E-state index contributed by atoms with van der Waals surface area (Å²) in [6.45, 7) is 6.50. The summed E-state index contributed by atoms with van der Waals surface area (Å²) in [6, 6.07) is 4.03. The van der Waals surface area contributed by atoms with Crippen LogP contribution in [0.4, 0.5) is 5.95 Å². The topological polar surface area (TPSA) is 72.3 Å². The van der Waals surface area contributed by atoms with Gasteiger partial charge in [-0.2, -0.15) is 0 Å². The lowest BCUT2D eigenvalue weighted by Crippen LogP contribution is -2.35. The zero-order valence-electron chi connectivity index (χ0n) is 16.9. The Morgan fingerprint density at radius 1 is 1.34 bits per heavy atom. The maximum atomic E-state index is 12.3. The van der Waals surface area contributed by atoms with Gasteiger partial charge in [0, 0.05) is 24.6 Å². The Balaban J connectivity index is 1.40. The van der Waals surface area contributed by atoms with Gasteiger partial charge in [0.25, 0.3) is 0 Å². The van der Waals surface area contributed by atoms with Gasteiger partial charge in [-0.15, -0.1) is 21.5 Å². The standard InChI is InChI=1S/C20H29N5O2S2/c1-15-6-8-24(9-7-15)19-22-23-20(25(19)13-16-4-2-10-27-16)29-14-18(26)21-12-17-5-3-11-28-17/h3,5,11,15-16H,2,4,6-10,12-14H2,1H3,(H,21,26). The molecule has 1 atom stereocenters. The molecule has 0 spiro atoms. The van der Waals surface area contributed by atoms with Gasteiger partial charge in [-0.1, -0.05) is 24.8 Å². The molecule has 0 aliphatic carbocycles. The predicted octanol–water partition coefficient (Wildman–Crippen LogP) is 3.16. The zero-order chi connectivity index (χ0) is 20.1. The SMILES string of the molecule is CC1CCN(c2nnc(SCC(=O)NCc3cccs3)n2CC2CCCO2)CC1. The van der Waals surface area contributed by atoms with Crippen LogP contribution in [0.2, 0.25) is 0 Å². The summed E-state index contributed by atoms with van der Waals surface area (Å²) in [6.07, 6.45) is 4.75. The number of nitrogens with one attached hydrogen (secondary N) is 1. The molecule has 4 rings (SSSR count). The minimum Gasteiger partial charge on any atom is -0.376 e. The summed E-state index contributed by atoms with van der Waals surface area (Å²) < 4.78 is 8.03. The number of nitrogens with zero attached hydrogens (tertiary/aromatic N) is 4. The van der Waals surface area contributed by atoms with Crippen LogP contribution in [0.25, 0.3) is 0 Å². The Kier molecular flexibility index (Phi) is 7.10. The number of aromatic nitrogens is 3. The summed E-state index contributed by atoms with van der Waals surface area (Å²) >= 11 is 3.11. The predicted molar refractivity (Wildman–Crippen MR) is 116 cm³/mol. The first-order valence-electron chi connectivity index (χ1n) is 10.4. The molecular weight excluding hydrogens is 406 g/mol. The van der Waals surface area contributed by atoms with Crippen LogP contribution in [0.5, 0.6) is 0 Å². The number of piperidine rings is 1. The first kappa shape index (κ1) is 20.7. The van der Waals surface area contributed by atoms with Crippen molar-refractivity contribution < 1.29 is 9.53 Å². The molecule has 2 aromatic rings. The first-order valence-corrected chi connectivity index (χ1v) is 12.3. The average molecular weight is 436 g/mol. The number of carbonyl (C=O) groups is 1. The average Bonchev–Trinajstić information content (AvgIpc) is 3.49. The molecule has 4 heterocycles. The van der Waals surface area contributed by atoms with Crippen molar-refractivity contribution in [3.05, 3.63) is 22.4 Å². The van der Waals surface area contributed by atoms with Gasteiger partial charge in [-0.3, -0.25) is 9.36 Å². The quantitative estimate of drug-likeness (QED) is 0.642. The molecule has 0 saturated carbocycles. The second-order valence-corrected chi connectivity index (χ2v) is 9.82. The molecule has 2 aromatic heterocycles. The van der Waals surface area contributed by atoms with Crippen molar-refractivity contribution in [3.8, 4) is 0 Å². The molecule has 0 aromatic carbocycles. The zero-order valence-corrected chi connectivity index (χ0v) is 18.5. The highest BCUT2D eigenvalue weighted by Gasteiger charge is 2.26. The first-order chi connectivity index (χ1) is 14.2. The van der Waals surface area contributed by atoms with Crippen LogP contribution >= 0.6 is 23.1 Å². The molecule has 29 heavy (non-hydrogen) atoms. The van der Waals surface area contributed by atoms with Gasteiger partial charge >= 0.3 is 0 Å². The molecule has 0 bridgehead atoms. The number of hydrogen-bond donors (Lipinski definition) is 1. The van der Waals surface area contributed by atoms with Crippen molar-refractivity contribution in [1.29, 1.82) is 0 Å². The van der Waals surface area contributed by atoms with E-state index in [2.05, 4.69) is 31.9 Å². The van der Waals surface area contributed by atoms with Crippen LogP contribution in [0.1, 0.15) is 37.5 Å². The number of thiophene rings is 1. The van der Waals surface area contributed by atoms with Crippen LogP contribution in [-0.4, -0.2) is 52.2 Å². The molecule has 9 heteroatoms. The minimum absolute atomic E-state index is 0.0170. The van der Waals surface area contributed by atoms with Gasteiger partial charge in [0.2, 0.25) is 11.9 Å². The van der Waals surface area contributed by atoms with Crippen LogP contribution in [0.3, 0.4) is 0 Å². The maximum Gasteiger partial charge on any atom is 0.230 e. The van der Waals surface area contributed by atoms with E-state index in [4.69, 9.17) is 4.74 Å². The van der Waals surface area contributed by atoms with Gasteiger partial charge in [0.15, 0.2) is 5.16 Å². The monoisotopic (exact) mass is 435 g/mol. The van der Waals surface area contributed by atoms with Crippen molar-refractivity contribution in [3.63, 3.8) is 0 Å². The second kappa shape index (κ2) is 9.95. The number of thioether (sulfide) groups is 1. The van der Waals surface area contributed by atoms with Gasteiger partial charge in [-0.25, -0.2) is 0 Å². The molecule has 2 fully saturated rings. The maximum absolute atomic E-state index is 12.3. The number of rotatable bonds is 8. The fourth-order valence-corrected chi connectivity index (χ4v) is 5.18. The van der Waals surface area contributed by atoms with Crippen molar-refractivity contribution in [2.45, 2.75) is 57.0 Å². The van der Waals surface area contributed by atoms with Crippen molar-refractivity contribution in [1.82, 2.24) is 20.1 Å². The fraction of sp³-hybridized carbons (Fsp3) is 0.650. The van der Waals surface area contributed by atoms with E-state index in [9.17, 15) is 4.79 Å². The highest BCUT2D eigenvalue weighted by molar-refractivity contribution is 7.99. The number of hydrogen-bond acceptors (Lipinski definition) is 7. The van der Waals surface area contributed by atoms with Gasteiger partial charge in [-0.05, 0) is 43.0 Å². The highest BCUT2D eigenvalue weighted by atomic mass is 32.2. The Morgan fingerprint density at radius 2 is 2.21 bits per heavy atom. The summed E-state index contributed by atoms with van der Waals surface area (Å²) in [4.78, 5) is 15.8. The number of anilines is 1. The third kappa shape index (κ3) is 5.52. The Bertz CT molecular complexity index is 781. The molecule has 158 valence electrons. The Morgan fingerprint density at radius 3 is 2.93 bits per heavy atom. The van der Waals surface area contributed by atoms with E-state index in [1.54, 1.807) is 11.3 Å². The largest absolute Gasteiger partial charge is 0.376 e. The molecule has 0 radical (unpaired) electrons. The number of carbonyl (C=O) groups excluding carboxylic acids is 1. The molecule has 1 unspecified atom stereocenters. The number of amides is 1. The van der Waals surface area contributed by atoms with Crippen LogP contribution in [0, 0.1) is 5.92 Å². The highest BCUT2D eigenvalue weighted by Crippen LogP contribution is 2.28. The normalized spacial score (nSPS) is 20.3. The van der Waals surface area contributed by atoms with Gasteiger partial charge in [0.05, 0.1) is 24.9 Å². The van der Waals surface area contributed by atoms with Crippen molar-refractivity contribution in [2.24, 2.45) is 5.92 Å². The van der Waals surface area contributed by atoms with Gasteiger partial charge < -0.3 is 15.0 Å². The molecule has 7 nitrogen and oxygen atoms in total. The van der Waals surface area contributed by atoms with Crippen LogP contribution in [-0.2, 0) is 22.6 Å². The van der Waals surface area contributed by atoms with E-state index in [1.165, 1.54) is 24.6 Å². The van der Waals surface area contributed by atoms with Crippen LogP contribution in [0.15, 0.2) is 22.7 Å². The van der Waals surface area contributed by atoms with E-state index in [-0.39, 0.29) is 12.0 Å². The second-order valence-electron chi connectivity index (χ2n) is 7.84. The molecule has 1 N–H and O–H groups in total. The molecule has 1 amide bonds. The lowest BCUT2D eigenvalue weighted by Gasteiger charge is -2.31. The van der Waals surface area contributed by atoms with E-state index in [0.29, 0.717) is 12.3 Å². The molecular formula is C20H29N5O2S2. The molecule has 2 aliphatic heterocycles. The van der Waals surface area contributed by atoms with E-state index < -0.39 is 0 Å². The lowest BCUT2D eigenvalue weighted by molar-refractivity contribution is -0.118. The molecule has 2 aliphatic rings. The Labute approximate surface area is 180 Å². The summed E-state index contributed by atoms with van der Waals surface area (Å²) in [5.74, 6) is 2.05. The third-order valence-corrected chi connectivity index (χ3v) is 7.39. The lowest BCUT2D eigenvalue weighted by atomic mass is 10.00. The number of ether oxygens (including phenoxy) is 1. The van der Waals surface area contributed by atoms with Crippen molar-refractivity contribution in [2.75, 3.05) is 30.3 Å². The van der Waals surface area contributed by atoms with E-state index in [0.717, 1.165) is 61.0 Å². The molecule has 2 saturated heterocycles. The minimum atomic E-state index is 0.0170. The summed E-state index contributed by atoms with van der Waals surface area (Å²) in [5, 5.41) is 14.7. The summed E-state index contributed by atoms with van der Waals surface area (Å²) in [7, 11) is 0. The Hall–Kier alpha value is -1.58. The van der Waals surface area contributed by atoms with Gasteiger partial charge in [0.1, 0.15) is 0 Å². The van der Waals surface area contributed by atoms with E-state index >= 15 is 0 Å². The van der Waals surface area contributed by atoms with Crippen LogP contribution < -0.4 is 10.2 Å². The third-order valence-electron chi connectivity index (χ3n) is 5.55. The fourth-order valence-electron chi connectivity index (χ4n) is 3.76. The summed E-state index contributed by atoms with van der Waals surface area (Å²) in [5.41, 5.74) is 0.